The van der Waals surface area contributed by atoms with Gasteiger partial charge >= 0.3 is 6.03 Å². The van der Waals surface area contributed by atoms with Gasteiger partial charge in [-0.2, -0.15) is 0 Å². The van der Waals surface area contributed by atoms with E-state index in [2.05, 4.69) is 38.3 Å². The van der Waals surface area contributed by atoms with Crippen LogP contribution < -0.4 is 22.1 Å². The Bertz CT molecular complexity index is 988. The summed E-state index contributed by atoms with van der Waals surface area (Å²) in [5, 5.41) is 5.26. The Labute approximate surface area is 305 Å². The highest BCUT2D eigenvalue weighted by Gasteiger charge is 2.42. The van der Waals surface area contributed by atoms with E-state index in [1.165, 1.54) is 12.8 Å². The average molecular weight is 713 g/mol. The van der Waals surface area contributed by atoms with Crippen LogP contribution in [0.4, 0.5) is 4.79 Å². The molecule has 0 aromatic heterocycles. The molecule has 1 aliphatic carbocycles. The Morgan fingerprint density at radius 2 is 1.44 bits per heavy atom. The summed E-state index contributed by atoms with van der Waals surface area (Å²) in [4.78, 5) is 73.9. The van der Waals surface area contributed by atoms with Gasteiger partial charge in [0.15, 0.2) is 0 Å². The SMILES string of the molecule is CC.CC.CC(C)C.CCCC1CC(C=O)N(C(=O)C(NC(=O)NCC(=O)N(C)C(C)C)C(C)(C)C)C1.NC(=O)C(=O)C(N)CC1CCCC1. The molecule has 4 unspecified atom stereocenters. The van der Waals surface area contributed by atoms with Crippen LogP contribution in [0.3, 0.4) is 0 Å². The van der Waals surface area contributed by atoms with Gasteiger partial charge in [0.1, 0.15) is 12.3 Å². The number of nitrogens with zero attached hydrogens (tertiary/aromatic N) is 2. The van der Waals surface area contributed by atoms with Gasteiger partial charge in [0.25, 0.3) is 5.91 Å². The fourth-order valence-corrected chi connectivity index (χ4v) is 5.42. The number of hydrogen-bond donors (Lipinski definition) is 4. The van der Waals surface area contributed by atoms with Crippen LogP contribution in [0.5, 0.6) is 0 Å². The van der Waals surface area contributed by atoms with E-state index in [-0.39, 0.29) is 24.4 Å². The number of likely N-dealkylation sites (N-methyl/N-ethyl adjacent to an activating group) is 1. The third-order valence-corrected chi connectivity index (χ3v) is 8.17. The molecule has 0 aromatic carbocycles. The number of urea groups is 1. The summed E-state index contributed by atoms with van der Waals surface area (Å²) in [6.45, 7) is 26.3. The molecule has 1 aliphatic heterocycles. The lowest BCUT2D eigenvalue weighted by molar-refractivity contribution is -0.138. The number of hydrogen-bond acceptors (Lipinski definition) is 7. The Morgan fingerprint density at radius 1 is 0.940 bits per heavy atom. The highest BCUT2D eigenvalue weighted by atomic mass is 16.2. The maximum absolute atomic E-state index is 13.2. The molecule has 6 N–H and O–H groups in total. The molecule has 50 heavy (non-hydrogen) atoms. The molecule has 0 bridgehead atoms. The van der Waals surface area contributed by atoms with E-state index >= 15 is 0 Å². The van der Waals surface area contributed by atoms with E-state index in [0.29, 0.717) is 31.2 Å². The number of primary amides is 1. The van der Waals surface area contributed by atoms with Crippen LogP contribution in [0.1, 0.15) is 141 Å². The van der Waals surface area contributed by atoms with Crippen LogP contribution in [-0.2, 0) is 24.0 Å². The zero-order valence-corrected chi connectivity index (χ0v) is 34.2. The smallest absolute Gasteiger partial charge is 0.315 e. The molecule has 12 heteroatoms. The van der Waals surface area contributed by atoms with Gasteiger partial charge < -0.3 is 36.7 Å². The van der Waals surface area contributed by atoms with Gasteiger partial charge in [0.2, 0.25) is 17.6 Å². The summed E-state index contributed by atoms with van der Waals surface area (Å²) in [5.41, 5.74) is 9.84. The van der Waals surface area contributed by atoms with E-state index in [1.54, 1.807) is 16.8 Å². The zero-order chi connectivity index (χ0) is 39.8. The third-order valence-electron chi connectivity index (χ3n) is 8.17. The van der Waals surface area contributed by atoms with Crippen LogP contribution in [0.2, 0.25) is 0 Å². The molecule has 1 saturated carbocycles. The minimum absolute atomic E-state index is 0.0303. The lowest BCUT2D eigenvalue weighted by Crippen LogP contribution is -2.58. The molecule has 5 amide bonds. The summed E-state index contributed by atoms with van der Waals surface area (Å²) in [6, 6.07) is -2.47. The second kappa shape index (κ2) is 27.7. The average Bonchev–Trinajstić information content (AvgIpc) is 3.72. The van der Waals surface area contributed by atoms with Gasteiger partial charge in [-0.1, -0.05) is 108 Å². The molecule has 0 aromatic rings. The lowest BCUT2D eigenvalue weighted by atomic mass is 9.85. The van der Waals surface area contributed by atoms with E-state index in [4.69, 9.17) is 11.5 Å². The first-order chi connectivity index (χ1) is 23.3. The van der Waals surface area contributed by atoms with Crippen molar-refractivity contribution in [1.29, 1.82) is 0 Å². The summed E-state index contributed by atoms with van der Waals surface area (Å²) in [6.07, 6.45) is 8.75. The van der Waals surface area contributed by atoms with Gasteiger partial charge in [0, 0.05) is 19.6 Å². The number of Topliss-reactive ketones (excluding diaryl/α,β-unsaturated/α-hetero) is 1. The maximum Gasteiger partial charge on any atom is 0.315 e. The number of carbonyl (C=O) groups excluding carboxylic acids is 6. The second-order valence-corrected chi connectivity index (χ2v) is 14.8. The molecular weight excluding hydrogens is 636 g/mol. The van der Waals surface area contributed by atoms with Crippen molar-refractivity contribution in [3.8, 4) is 0 Å². The Hall–Kier alpha value is -3.02. The summed E-state index contributed by atoms with van der Waals surface area (Å²) in [5.74, 6) is -0.362. The molecule has 0 radical (unpaired) electrons. The Balaban J connectivity index is -0.000000864. The van der Waals surface area contributed by atoms with Crippen LogP contribution in [0.15, 0.2) is 0 Å². The summed E-state index contributed by atoms with van der Waals surface area (Å²) >= 11 is 0. The van der Waals surface area contributed by atoms with Gasteiger partial charge in [-0.3, -0.25) is 19.2 Å². The molecular formula is C38H76N6O6. The van der Waals surface area contributed by atoms with Crippen molar-refractivity contribution < 1.29 is 28.8 Å². The highest BCUT2D eigenvalue weighted by Crippen LogP contribution is 2.30. The van der Waals surface area contributed by atoms with E-state index in [9.17, 15) is 28.8 Å². The zero-order valence-electron chi connectivity index (χ0n) is 34.2. The number of ketones is 1. The first kappa shape index (κ1) is 51.4. The highest BCUT2D eigenvalue weighted by molar-refractivity contribution is 6.37. The van der Waals surface area contributed by atoms with Crippen molar-refractivity contribution in [3.63, 3.8) is 0 Å². The maximum atomic E-state index is 13.2. The van der Waals surface area contributed by atoms with Crippen LogP contribution >= 0.6 is 0 Å². The van der Waals surface area contributed by atoms with Crippen molar-refractivity contribution in [3.05, 3.63) is 0 Å². The molecule has 2 aliphatic rings. The topological polar surface area (TPSA) is 185 Å². The van der Waals surface area contributed by atoms with E-state index in [1.807, 2.05) is 62.3 Å². The fraction of sp³-hybridized carbons (Fsp3) is 0.842. The van der Waals surface area contributed by atoms with Gasteiger partial charge in [0.05, 0.1) is 18.6 Å². The lowest BCUT2D eigenvalue weighted by Gasteiger charge is -2.34. The third kappa shape index (κ3) is 21.3. The number of nitrogens with one attached hydrogen (secondary N) is 2. The number of carbonyl (C=O) groups is 6. The van der Waals surface area contributed by atoms with Crippen molar-refractivity contribution in [2.45, 2.75) is 166 Å². The van der Waals surface area contributed by atoms with Crippen LogP contribution in [0.25, 0.3) is 0 Å². The monoisotopic (exact) mass is 713 g/mol. The van der Waals surface area contributed by atoms with E-state index < -0.39 is 41.3 Å². The molecule has 1 heterocycles. The summed E-state index contributed by atoms with van der Waals surface area (Å²) < 4.78 is 0. The van der Waals surface area contributed by atoms with Crippen LogP contribution in [-0.4, -0.2) is 89.9 Å². The predicted molar refractivity (Wildman–Crippen MR) is 204 cm³/mol. The fourth-order valence-electron chi connectivity index (χ4n) is 5.42. The van der Waals surface area contributed by atoms with E-state index in [0.717, 1.165) is 37.9 Å². The van der Waals surface area contributed by atoms with Gasteiger partial charge in [-0.15, -0.1) is 0 Å². The number of likely N-dealkylation sites (tertiary alicyclic amines) is 1. The standard InChI is InChI=1S/C21H38N4O4.C9H16N2O2.C4H10.2C2H6/c1-8-9-15-10-16(13-26)25(12-15)19(28)18(21(4,5)6)23-20(29)22-11-17(27)24(7)14(2)3;10-7(8(12)9(11)13)5-6-3-1-2-4-6;1-4(2)3;2*1-2/h13-16,18H,8-12H2,1-7H3,(H2,22,23,29);6-7H,1-5,10H2,(H2,11,13);4H,1-3H3;2*1-2H3. The number of nitrogens with two attached hydrogens (primary N) is 2. The molecule has 1 saturated heterocycles. The minimum Gasteiger partial charge on any atom is -0.363 e. The largest absolute Gasteiger partial charge is 0.363 e. The number of amides is 5. The van der Waals surface area contributed by atoms with Crippen molar-refractivity contribution >= 4 is 35.8 Å². The van der Waals surface area contributed by atoms with Gasteiger partial charge in [-0.25, -0.2) is 4.79 Å². The first-order valence-corrected chi connectivity index (χ1v) is 18.9. The molecule has 294 valence electrons. The Kier molecular flexibility index (Phi) is 28.4. The summed E-state index contributed by atoms with van der Waals surface area (Å²) in [7, 11) is 1.67. The quantitative estimate of drug-likeness (QED) is 0.153. The number of rotatable bonds is 12. The number of aldehydes is 1. The Morgan fingerprint density at radius 3 is 1.84 bits per heavy atom. The van der Waals surface area contributed by atoms with Crippen molar-refractivity contribution in [2.75, 3.05) is 20.1 Å². The predicted octanol–water partition coefficient (Wildman–Crippen LogP) is 5.45. The van der Waals surface area contributed by atoms with Gasteiger partial charge in [-0.05, 0) is 56.3 Å². The first-order valence-electron chi connectivity index (χ1n) is 18.9. The molecule has 4 atom stereocenters. The van der Waals surface area contributed by atoms with Crippen molar-refractivity contribution in [2.24, 2.45) is 34.6 Å². The normalized spacial score (nSPS) is 18.0. The van der Waals surface area contributed by atoms with Crippen molar-refractivity contribution in [1.82, 2.24) is 20.4 Å². The molecule has 2 fully saturated rings. The second-order valence-electron chi connectivity index (χ2n) is 14.8. The van der Waals surface area contributed by atoms with Crippen LogP contribution in [0, 0.1) is 23.2 Å². The molecule has 2 rings (SSSR count). The molecule has 0 spiro atoms. The molecule has 12 nitrogen and oxygen atoms in total. The minimum atomic E-state index is -0.912.